The van der Waals surface area contributed by atoms with Gasteiger partial charge in [-0.1, -0.05) is 30.3 Å². The summed E-state index contributed by atoms with van der Waals surface area (Å²) in [5, 5.41) is 12.6. The molecule has 0 saturated carbocycles. The van der Waals surface area contributed by atoms with Crippen LogP contribution in [0.15, 0.2) is 42.6 Å². The molecule has 0 aliphatic carbocycles. The predicted octanol–water partition coefficient (Wildman–Crippen LogP) is 2.28. The Kier molecular flexibility index (Phi) is 7.69. The maximum atomic E-state index is 12.5. The number of pyridine rings is 1. The van der Waals surface area contributed by atoms with Gasteiger partial charge < -0.3 is 29.4 Å². The lowest BCUT2D eigenvalue weighted by molar-refractivity contribution is -0.118. The maximum absolute atomic E-state index is 12.5. The monoisotopic (exact) mass is 402 g/mol. The maximum Gasteiger partial charge on any atom is 0.274 e. The number of amides is 1. The third-order valence-electron chi connectivity index (χ3n) is 4.44. The van der Waals surface area contributed by atoms with Crippen molar-refractivity contribution < 1.29 is 28.9 Å². The summed E-state index contributed by atoms with van der Waals surface area (Å²) in [6.07, 6.45) is 1.18. The molecule has 29 heavy (non-hydrogen) atoms. The molecule has 1 heterocycles. The molecule has 0 bridgehead atoms. The molecule has 0 fully saturated rings. The number of methoxy groups -OCH3 is 2. The van der Waals surface area contributed by atoms with Gasteiger partial charge in [0.15, 0.2) is 17.2 Å². The van der Waals surface area contributed by atoms with Gasteiger partial charge >= 0.3 is 0 Å². The molecule has 2 rings (SSSR count). The lowest BCUT2D eigenvalue weighted by Crippen LogP contribution is -2.51. The summed E-state index contributed by atoms with van der Waals surface area (Å²) in [6, 6.07) is 11.0. The molecule has 8 heteroatoms. The van der Waals surface area contributed by atoms with E-state index < -0.39 is 17.2 Å². The Hall–Kier alpha value is -2.97. The van der Waals surface area contributed by atoms with Crippen LogP contribution in [0.2, 0.25) is 0 Å². The zero-order chi connectivity index (χ0) is 21.4. The SMILES string of the molecule is COc1ccnc(C(=O)N[C@](C)(C=O)CO[C@@H](C)[C@H](OC)c2ccccc2)c1O. The van der Waals surface area contributed by atoms with Crippen LogP contribution in [0.4, 0.5) is 0 Å². The summed E-state index contributed by atoms with van der Waals surface area (Å²) in [6.45, 7) is 3.25. The van der Waals surface area contributed by atoms with Crippen LogP contribution in [0, 0.1) is 0 Å². The minimum absolute atomic E-state index is 0.0964. The van der Waals surface area contributed by atoms with E-state index in [-0.39, 0.29) is 30.3 Å². The molecule has 156 valence electrons. The molecule has 0 aliphatic heterocycles. The lowest BCUT2D eigenvalue weighted by atomic mass is 10.0. The summed E-state index contributed by atoms with van der Waals surface area (Å²) in [7, 11) is 2.94. The van der Waals surface area contributed by atoms with E-state index in [1.54, 1.807) is 7.11 Å². The Morgan fingerprint density at radius 3 is 2.55 bits per heavy atom. The molecule has 0 aliphatic rings. The van der Waals surface area contributed by atoms with Gasteiger partial charge in [-0.2, -0.15) is 0 Å². The quantitative estimate of drug-likeness (QED) is 0.587. The summed E-state index contributed by atoms with van der Waals surface area (Å²) in [4.78, 5) is 28.1. The average Bonchev–Trinajstić information content (AvgIpc) is 2.73. The van der Waals surface area contributed by atoms with Crippen LogP contribution < -0.4 is 10.1 Å². The minimum Gasteiger partial charge on any atom is -0.503 e. The highest BCUT2D eigenvalue weighted by Gasteiger charge is 2.31. The predicted molar refractivity (Wildman–Crippen MR) is 106 cm³/mol. The Morgan fingerprint density at radius 2 is 1.97 bits per heavy atom. The summed E-state index contributed by atoms with van der Waals surface area (Å²) < 4.78 is 16.3. The number of aldehydes is 1. The van der Waals surface area contributed by atoms with Gasteiger partial charge in [0.05, 0.1) is 19.8 Å². The zero-order valence-electron chi connectivity index (χ0n) is 16.9. The molecule has 0 saturated heterocycles. The molecule has 0 radical (unpaired) electrons. The van der Waals surface area contributed by atoms with Gasteiger partial charge in [-0.15, -0.1) is 0 Å². The van der Waals surface area contributed by atoms with Crippen molar-refractivity contribution in [2.75, 3.05) is 20.8 Å². The molecule has 0 spiro atoms. The Labute approximate surface area is 169 Å². The van der Waals surface area contributed by atoms with Crippen molar-refractivity contribution in [3.63, 3.8) is 0 Å². The summed E-state index contributed by atoms with van der Waals surface area (Å²) in [5.74, 6) is -1.02. The number of carbonyl (C=O) groups is 2. The van der Waals surface area contributed by atoms with Gasteiger partial charge in [0.2, 0.25) is 0 Å². The molecular formula is C21H26N2O6. The standard InChI is InChI=1S/C21H26N2O6/c1-14(19(28-4)15-8-6-5-7-9-15)29-13-21(2,12-24)23-20(26)17-18(25)16(27-3)10-11-22-17/h5-12,14,19,25H,13H2,1-4H3,(H,23,26)/t14-,19-,21+/m0/s1. The Balaban J connectivity index is 2.07. The molecule has 0 unspecified atom stereocenters. The minimum atomic E-state index is -1.34. The van der Waals surface area contributed by atoms with Crippen molar-refractivity contribution in [1.29, 1.82) is 0 Å². The average molecular weight is 402 g/mol. The number of benzene rings is 1. The van der Waals surface area contributed by atoms with Crippen molar-refractivity contribution in [2.24, 2.45) is 0 Å². The third kappa shape index (κ3) is 5.52. The number of carbonyl (C=O) groups excluding carboxylic acids is 2. The van der Waals surface area contributed by atoms with E-state index in [4.69, 9.17) is 14.2 Å². The normalized spacial score (nSPS) is 15.0. The fourth-order valence-corrected chi connectivity index (χ4v) is 2.82. The second-order valence-electron chi connectivity index (χ2n) is 6.78. The van der Waals surface area contributed by atoms with Crippen LogP contribution in [-0.2, 0) is 14.3 Å². The molecule has 1 aromatic heterocycles. The number of hydrogen-bond donors (Lipinski definition) is 2. The van der Waals surface area contributed by atoms with Gasteiger partial charge in [-0.05, 0) is 19.4 Å². The van der Waals surface area contributed by atoms with E-state index >= 15 is 0 Å². The number of rotatable bonds is 10. The van der Waals surface area contributed by atoms with Crippen molar-refractivity contribution >= 4 is 12.2 Å². The first kappa shape index (κ1) is 22.3. The lowest BCUT2D eigenvalue weighted by Gasteiger charge is -2.29. The molecule has 2 aromatic rings. The zero-order valence-corrected chi connectivity index (χ0v) is 16.9. The number of aromatic nitrogens is 1. The summed E-state index contributed by atoms with van der Waals surface area (Å²) in [5.41, 5.74) is -0.647. The fraction of sp³-hybridized carbons (Fsp3) is 0.381. The first-order valence-corrected chi connectivity index (χ1v) is 9.05. The molecule has 1 aromatic carbocycles. The summed E-state index contributed by atoms with van der Waals surface area (Å²) >= 11 is 0. The van der Waals surface area contributed by atoms with E-state index in [9.17, 15) is 14.7 Å². The second kappa shape index (κ2) is 9.99. The topological polar surface area (TPSA) is 107 Å². The number of hydrogen-bond acceptors (Lipinski definition) is 7. The van der Waals surface area contributed by atoms with Crippen LogP contribution in [0.1, 0.15) is 36.0 Å². The van der Waals surface area contributed by atoms with E-state index in [0.717, 1.165) is 5.56 Å². The second-order valence-corrected chi connectivity index (χ2v) is 6.78. The molecule has 2 N–H and O–H groups in total. The van der Waals surface area contributed by atoms with E-state index in [1.807, 2.05) is 37.3 Å². The van der Waals surface area contributed by atoms with Crippen molar-refractivity contribution in [3.8, 4) is 11.5 Å². The highest BCUT2D eigenvalue weighted by Crippen LogP contribution is 2.28. The van der Waals surface area contributed by atoms with Gasteiger partial charge in [-0.3, -0.25) is 4.79 Å². The number of ether oxygens (including phenoxy) is 3. The van der Waals surface area contributed by atoms with Crippen molar-refractivity contribution in [3.05, 3.63) is 53.9 Å². The first-order valence-electron chi connectivity index (χ1n) is 9.05. The molecule has 8 nitrogen and oxygen atoms in total. The van der Waals surface area contributed by atoms with Crippen LogP contribution in [0.5, 0.6) is 11.5 Å². The van der Waals surface area contributed by atoms with E-state index in [2.05, 4.69) is 10.3 Å². The van der Waals surface area contributed by atoms with E-state index in [1.165, 1.54) is 26.3 Å². The molecule has 3 atom stereocenters. The first-order chi connectivity index (χ1) is 13.8. The fourth-order valence-electron chi connectivity index (χ4n) is 2.82. The van der Waals surface area contributed by atoms with Gasteiger partial charge in [0, 0.05) is 19.4 Å². The van der Waals surface area contributed by atoms with E-state index in [0.29, 0.717) is 6.29 Å². The van der Waals surface area contributed by atoms with Crippen molar-refractivity contribution in [2.45, 2.75) is 31.6 Å². The van der Waals surface area contributed by atoms with Crippen LogP contribution in [0.25, 0.3) is 0 Å². The number of nitrogens with zero attached hydrogens (tertiary/aromatic N) is 1. The number of nitrogens with one attached hydrogen (secondary N) is 1. The Bertz CT molecular complexity index is 829. The largest absolute Gasteiger partial charge is 0.503 e. The van der Waals surface area contributed by atoms with Crippen LogP contribution >= 0.6 is 0 Å². The van der Waals surface area contributed by atoms with Crippen LogP contribution in [-0.4, -0.2) is 54.8 Å². The smallest absolute Gasteiger partial charge is 0.274 e. The molecule has 1 amide bonds. The van der Waals surface area contributed by atoms with Gasteiger partial charge in [0.1, 0.15) is 17.9 Å². The van der Waals surface area contributed by atoms with Crippen molar-refractivity contribution in [1.82, 2.24) is 10.3 Å². The Morgan fingerprint density at radius 1 is 1.28 bits per heavy atom. The van der Waals surface area contributed by atoms with Gasteiger partial charge in [0.25, 0.3) is 5.91 Å². The highest BCUT2D eigenvalue weighted by molar-refractivity contribution is 5.97. The third-order valence-corrected chi connectivity index (χ3v) is 4.44. The number of aromatic hydroxyl groups is 1. The highest BCUT2D eigenvalue weighted by atomic mass is 16.5. The van der Waals surface area contributed by atoms with Crippen LogP contribution in [0.3, 0.4) is 0 Å². The molecular weight excluding hydrogens is 376 g/mol. The van der Waals surface area contributed by atoms with Gasteiger partial charge in [-0.25, -0.2) is 4.98 Å².